The first-order valence-corrected chi connectivity index (χ1v) is 5.91. The van der Waals surface area contributed by atoms with Crippen LogP contribution in [0.25, 0.3) is 0 Å². The summed E-state index contributed by atoms with van der Waals surface area (Å²) >= 11 is 0. The Bertz CT molecular complexity index is 334. The Kier molecular flexibility index (Phi) is 3.30. The highest BCUT2D eigenvalue weighted by Gasteiger charge is 2.20. The molecule has 1 unspecified atom stereocenters. The van der Waals surface area contributed by atoms with E-state index in [-0.39, 0.29) is 5.54 Å². The summed E-state index contributed by atoms with van der Waals surface area (Å²) in [6, 6.07) is 0.472. The monoisotopic (exact) mass is 223 g/mol. The average molecular weight is 223 g/mol. The zero-order chi connectivity index (χ0) is 11.6. The fourth-order valence-electron chi connectivity index (χ4n) is 1.90. The predicted octanol–water partition coefficient (Wildman–Crippen LogP) is 1.73. The SMILES string of the molecule is CC(C)(C)NCc1nccn1C1CCOC1. The van der Waals surface area contributed by atoms with Gasteiger partial charge < -0.3 is 14.6 Å². The summed E-state index contributed by atoms with van der Waals surface area (Å²) in [5.74, 6) is 1.10. The molecule has 0 amide bonds. The number of hydrogen-bond acceptors (Lipinski definition) is 3. The van der Waals surface area contributed by atoms with Gasteiger partial charge in [0.05, 0.1) is 19.2 Å². The lowest BCUT2D eigenvalue weighted by molar-refractivity contribution is 0.186. The predicted molar refractivity (Wildman–Crippen MR) is 63.3 cm³/mol. The van der Waals surface area contributed by atoms with Crippen LogP contribution in [0, 0.1) is 0 Å². The Morgan fingerprint density at radius 3 is 3.00 bits per heavy atom. The van der Waals surface area contributed by atoms with E-state index in [0.29, 0.717) is 6.04 Å². The third kappa shape index (κ3) is 2.83. The highest BCUT2D eigenvalue weighted by atomic mass is 16.5. The molecule has 1 aliphatic heterocycles. The van der Waals surface area contributed by atoms with Gasteiger partial charge in [0.25, 0.3) is 0 Å². The fraction of sp³-hybridized carbons (Fsp3) is 0.750. The summed E-state index contributed by atoms with van der Waals surface area (Å²) in [5.41, 5.74) is 0.128. The van der Waals surface area contributed by atoms with Gasteiger partial charge in [-0.15, -0.1) is 0 Å². The molecule has 1 aromatic heterocycles. The van der Waals surface area contributed by atoms with Crippen LogP contribution in [0.4, 0.5) is 0 Å². The molecule has 1 fully saturated rings. The first-order valence-electron chi connectivity index (χ1n) is 5.91. The van der Waals surface area contributed by atoms with Crippen molar-refractivity contribution in [3.63, 3.8) is 0 Å². The summed E-state index contributed by atoms with van der Waals surface area (Å²) in [7, 11) is 0. The zero-order valence-electron chi connectivity index (χ0n) is 10.4. The van der Waals surface area contributed by atoms with Crippen molar-refractivity contribution in [1.29, 1.82) is 0 Å². The standard InChI is InChI=1S/C12H21N3O/c1-12(2,3)14-8-11-13-5-6-15(11)10-4-7-16-9-10/h5-6,10,14H,4,7-9H2,1-3H3. The molecule has 4 nitrogen and oxygen atoms in total. The van der Waals surface area contributed by atoms with Crippen molar-refractivity contribution >= 4 is 0 Å². The van der Waals surface area contributed by atoms with Crippen molar-refractivity contribution in [1.82, 2.24) is 14.9 Å². The van der Waals surface area contributed by atoms with Gasteiger partial charge in [-0.2, -0.15) is 0 Å². The summed E-state index contributed by atoms with van der Waals surface area (Å²) in [6.45, 7) is 9.00. The average Bonchev–Trinajstić information content (AvgIpc) is 2.84. The lowest BCUT2D eigenvalue weighted by atomic mass is 10.1. The van der Waals surface area contributed by atoms with Gasteiger partial charge in [0.15, 0.2) is 0 Å². The zero-order valence-corrected chi connectivity index (χ0v) is 10.4. The van der Waals surface area contributed by atoms with Gasteiger partial charge in [0.2, 0.25) is 0 Å². The Hall–Kier alpha value is -0.870. The summed E-state index contributed by atoms with van der Waals surface area (Å²) < 4.78 is 7.65. The van der Waals surface area contributed by atoms with E-state index in [0.717, 1.165) is 32.0 Å². The molecule has 0 spiro atoms. The van der Waals surface area contributed by atoms with E-state index in [1.807, 2.05) is 6.20 Å². The highest BCUT2D eigenvalue weighted by molar-refractivity contribution is 4.97. The van der Waals surface area contributed by atoms with Crippen molar-refractivity contribution < 1.29 is 4.74 Å². The van der Waals surface area contributed by atoms with Crippen LogP contribution >= 0.6 is 0 Å². The van der Waals surface area contributed by atoms with Crippen LogP contribution in [0.15, 0.2) is 12.4 Å². The van der Waals surface area contributed by atoms with Crippen LogP contribution in [-0.2, 0) is 11.3 Å². The van der Waals surface area contributed by atoms with E-state index in [9.17, 15) is 0 Å². The van der Waals surface area contributed by atoms with E-state index in [1.165, 1.54) is 0 Å². The van der Waals surface area contributed by atoms with Crippen LogP contribution < -0.4 is 5.32 Å². The van der Waals surface area contributed by atoms with E-state index in [1.54, 1.807) is 0 Å². The molecule has 1 aromatic rings. The first kappa shape index (κ1) is 11.6. The highest BCUT2D eigenvalue weighted by Crippen LogP contribution is 2.20. The van der Waals surface area contributed by atoms with Crippen LogP contribution in [0.5, 0.6) is 0 Å². The largest absolute Gasteiger partial charge is 0.379 e. The van der Waals surface area contributed by atoms with Gasteiger partial charge in [0.1, 0.15) is 5.82 Å². The van der Waals surface area contributed by atoms with Gasteiger partial charge in [-0.3, -0.25) is 0 Å². The molecule has 0 aliphatic carbocycles. The van der Waals surface area contributed by atoms with Crippen LogP contribution in [0.1, 0.15) is 39.1 Å². The second-order valence-corrected chi connectivity index (χ2v) is 5.37. The summed E-state index contributed by atoms with van der Waals surface area (Å²) in [6.07, 6.45) is 5.02. The molecule has 0 aromatic carbocycles. The lowest BCUT2D eigenvalue weighted by Crippen LogP contribution is -2.36. The number of hydrogen-bond donors (Lipinski definition) is 1. The molecule has 2 rings (SSSR count). The van der Waals surface area contributed by atoms with Crippen molar-refractivity contribution in [2.24, 2.45) is 0 Å². The Morgan fingerprint density at radius 1 is 1.56 bits per heavy atom. The van der Waals surface area contributed by atoms with Crippen molar-refractivity contribution in [2.45, 2.75) is 45.3 Å². The maximum absolute atomic E-state index is 5.41. The second kappa shape index (κ2) is 4.55. The summed E-state index contributed by atoms with van der Waals surface area (Å²) in [4.78, 5) is 4.41. The van der Waals surface area contributed by atoms with Crippen LogP contribution in [0.2, 0.25) is 0 Å². The lowest BCUT2D eigenvalue weighted by Gasteiger charge is -2.21. The number of aromatic nitrogens is 2. The number of imidazole rings is 1. The van der Waals surface area contributed by atoms with Crippen LogP contribution in [0.3, 0.4) is 0 Å². The van der Waals surface area contributed by atoms with Gasteiger partial charge in [0, 0.05) is 24.5 Å². The fourth-order valence-corrected chi connectivity index (χ4v) is 1.90. The number of nitrogens with one attached hydrogen (secondary N) is 1. The van der Waals surface area contributed by atoms with Gasteiger partial charge in [-0.25, -0.2) is 4.98 Å². The normalized spacial score (nSPS) is 21.6. The van der Waals surface area contributed by atoms with Crippen LogP contribution in [-0.4, -0.2) is 28.3 Å². The van der Waals surface area contributed by atoms with E-state index in [2.05, 4.69) is 41.8 Å². The quantitative estimate of drug-likeness (QED) is 0.848. The molecule has 16 heavy (non-hydrogen) atoms. The molecule has 90 valence electrons. The Morgan fingerprint density at radius 2 is 2.38 bits per heavy atom. The minimum atomic E-state index is 0.128. The molecule has 1 N–H and O–H groups in total. The van der Waals surface area contributed by atoms with E-state index >= 15 is 0 Å². The topological polar surface area (TPSA) is 39.1 Å². The molecule has 1 atom stereocenters. The van der Waals surface area contributed by atoms with E-state index < -0.39 is 0 Å². The van der Waals surface area contributed by atoms with Crippen molar-refractivity contribution in [3.05, 3.63) is 18.2 Å². The van der Waals surface area contributed by atoms with Crippen molar-refractivity contribution in [2.75, 3.05) is 13.2 Å². The Labute approximate surface area is 97.0 Å². The van der Waals surface area contributed by atoms with Gasteiger partial charge >= 0.3 is 0 Å². The van der Waals surface area contributed by atoms with Gasteiger partial charge in [-0.05, 0) is 27.2 Å². The maximum Gasteiger partial charge on any atom is 0.123 e. The number of rotatable bonds is 3. The minimum absolute atomic E-state index is 0.128. The molecule has 1 aliphatic rings. The molecule has 0 saturated carbocycles. The number of nitrogens with zero attached hydrogens (tertiary/aromatic N) is 2. The third-order valence-corrected chi connectivity index (χ3v) is 2.82. The molecule has 0 bridgehead atoms. The molecular weight excluding hydrogens is 202 g/mol. The third-order valence-electron chi connectivity index (χ3n) is 2.82. The molecule has 4 heteroatoms. The number of ether oxygens (including phenoxy) is 1. The molecule has 2 heterocycles. The molecular formula is C12H21N3O. The smallest absolute Gasteiger partial charge is 0.123 e. The van der Waals surface area contributed by atoms with Gasteiger partial charge in [-0.1, -0.05) is 0 Å². The first-order chi connectivity index (χ1) is 7.56. The molecule has 0 radical (unpaired) electrons. The maximum atomic E-state index is 5.41. The Balaban J connectivity index is 2.01. The molecule has 1 saturated heterocycles. The van der Waals surface area contributed by atoms with E-state index in [4.69, 9.17) is 4.74 Å². The minimum Gasteiger partial charge on any atom is -0.379 e. The second-order valence-electron chi connectivity index (χ2n) is 5.37. The van der Waals surface area contributed by atoms with Crippen molar-refractivity contribution in [3.8, 4) is 0 Å². The summed E-state index contributed by atoms with van der Waals surface area (Å²) in [5, 5.41) is 3.46.